The zero-order chi connectivity index (χ0) is 12.9. The molecule has 0 radical (unpaired) electrons. The van der Waals surface area contributed by atoms with Gasteiger partial charge < -0.3 is 5.73 Å². The summed E-state index contributed by atoms with van der Waals surface area (Å²) < 4.78 is 25.8. The summed E-state index contributed by atoms with van der Waals surface area (Å²) in [6, 6.07) is 2.83. The lowest BCUT2D eigenvalue weighted by molar-refractivity contribution is -0.118. The van der Waals surface area contributed by atoms with Crippen LogP contribution < -0.4 is 10.5 Å². The van der Waals surface area contributed by atoms with Gasteiger partial charge >= 0.3 is 0 Å². The number of halogens is 1. The van der Waals surface area contributed by atoms with Crippen molar-refractivity contribution in [1.82, 2.24) is 9.71 Å². The van der Waals surface area contributed by atoms with E-state index in [9.17, 15) is 13.2 Å². The lowest BCUT2D eigenvalue weighted by atomic mass is 10.3. The fraction of sp³-hybridized carbons (Fsp3) is 0.333. The Morgan fingerprint density at radius 2 is 2.24 bits per heavy atom. The Morgan fingerprint density at radius 3 is 2.82 bits per heavy atom. The zero-order valence-electron chi connectivity index (χ0n) is 8.89. The number of carbonyl (C=O) groups is 1. The van der Waals surface area contributed by atoms with Crippen molar-refractivity contribution < 1.29 is 13.2 Å². The lowest BCUT2D eigenvalue weighted by Gasteiger charge is -2.06. The third-order valence-electron chi connectivity index (χ3n) is 1.91. The van der Waals surface area contributed by atoms with Gasteiger partial charge in [-0.05, 0) is 18.6 Å². The highest BCUT2D eigenvalue weighted by Gasteiger charge is 2.17. The first-order valence-electron chi connectivity index (χ1n) is 4.82. The number of hydrogen-bond donors (Lipinski definition) is 2. The third-order valence-corrected chi connectivity index (χ3v) is 3.81. The summed E-state index contributed by atoms with van der Waals surface area (Å²) in [6.07, 6.45) is 1.87. The molecule has 1 amide bonds. The molecule has 0 fully saturated rings. The summed E-state index contributed by atoms with van der Waals surface area (Å²) in [6.45, 7) is 0.122. The number of nitrogens with one attached hydrogen (secondary N) is 1. The second-order valence-electron chi connectivity index (χ2n) is 3.26. The fourth-order valence-corrected chi connectivity index (χ4v) is 2.64. The summed E-state index contributed by atoms with van der Waals surface area (Å²) in [5.74, 6) is -0.469. The molecule has 1 heterocycles. The van der Waals surface area contributed by atoms with Crippen molar-refractivity contribution in [2.45, 2.75) is 17.7 Å². The molecule has 0 saturated carbocycles. The van der Waals surface area contributed by atoms with Crippen molar-refractivity contribution in [1.29, 1.82) is 0 Å². The van der Waals surface area contributed by atoms with Crippen LogP contribution in [0.1, 0.15) is 12.8 Å². The van der Waals surface area contributed by atoms with Crippen molar-refractivity contribution in [2.75, 3.05) is 6.54 Å². The first kappa shape index (κ1) is 13.9. The highest BCUT2D eigenvalue weighted by Crippen LogP contribution is 2.17. The van der Waals surface area contributed by atoms with Crippen LogP contribution in [0.15, 0.2) is 23.2 Å². The van der Waals surface area contributed by atoms with Crippen LogP contribution in [0.2, 0.25) is 5.15 Å². The van der Waals surface area contributed by atoms with E-state index in [4.69, 9.17) is 17.3 Å². The van der Waals surface area contributed by atoms with Gasteiger partial charge in [0.05, 0.1) is 0 Å². The molecule has 0 aliphatic rings. The van der Waals surface area contributed by atoms with Crippen molar-refractivity contribution in [3.05, 3.63) is 23.5 Å². The number of pyridine rings is 1. The molecule has 94 valence electrons. The first-order chi connectivity index (χ1) is 7.93. The fourth-order valence-electron chi connectivity index (χ4n) is 1.12. The molecule has 0 aromatic carbocycles. The van der Waals surface area contributed by atoms with E-state index in [0.29, 0.717) is 6.42 Å². The molecule has 3 N–H and O–H groups in total. The molecule has 0 atom stereocenters. The molecular formula is C9H12ClN3O3S. The molecule has 0 spiro atoms. The van der Waals surface area contributed by atoms with Gasteiger partial charge in [-0.2, -0.15) is 0 Å². The number of nitrogens with zero attached hydrogens (tertiary/aromatic N) is 1. The van der Waals surface area contributed by atoms with Gasteiger partial charge in [0.25, 0.3) is 0 Å². The number of carbonyl (C=O) groups excluding carboxylic acids is 1. The minimum atomic E-state index is -3.69. The molecule has 17 heavy (non-hydrogen) atoms. The predicted molar refractivity (Wildman–Crippen MR) is 62.9 cm³/mol. The van der Waals surface area contributed by atoms with Gasteiger partial charge in [-0.1, -0.05) is 11.6 Å². The van der Waals surface area contributed by atoms with E-state index < -0.39 is 15.9 Å². The zero-order valence-corrected chi connectivity index (χ0v) is 10.5. The molecule has 0 aliphatic heterocycles. The molecule has 6 nitrogen and oxygen atoms in total. The van der Waals surface area contributed by atoms with Crippen LogP contribution in [0.4, 0.5) is 0 Å². The highest BCUT2D eigenvalue weighted by molar-refractivity contribution is 7.89. The Balaban J connectivity index is 2.64. The van der Waals surface area contributed by atoms with Crippen molar-refractivity contribution >= 4 is 27.5 Å². The number of rotatable bonds is 6. The molecule has 0 unspecified atom stereocenters. The van der Waals surface area contributed by atoms with Crippen LogP contribution in [0, 0.1) is 0 Å². The second kappa shape index (κ2) is 5.95. The van der Waals surface area contributed by atoms with E-state index in [1.54, 1.807) is 0 Å². The second-order valence-corrected chi connectivity index (χ2v) is 5.35. The molecule has 1 aromatic rings. The van der Waals surface area contributed by atoms with E-state index in [2.05, 4.69) is 9.71 Å². The van der Waals surface area contributed by atoms with Gasteiger partial charge in [0.2, 0.25) is 15.9 Å². The minimum Gasteiger partial charge on any atom is -0.370 e. The first-order valence-corrected chi connectivity index (χ1v) is 6.68. The van der Waals surface area contributed by atoms with Gasteiger partial charge in [0.1, 0.15) is 10.0 Å². The summed E-state index contributed by atoms with van der Waals surface area (Å²) >= 11 is 5.67. The molecule has 8 heteroatoms. The van der Waals surface area contributed by atoms with Crippen LogP contribution in [0.5, 0.6) is 0 Å². The van der Waals surface area contributed by atoms with Gasteiger partial charge in [0.15, 0.2) is 0 Å². The maximum absolute atomic E-state index is 11.7. The Hall–Kier alpha value is -1.18. The van der Waals surface area contributed by atoms with E-state index in [1.807, 2.05) is 0 Å². The average Bonchev–Trinajstić information content (AvgIpc) is 2.24. The lowest BCUT2D eigenvalue weighted by Crippen LogP contribution is -2.26. The number of sulfonamides is 1. The van der Waals surface area contributed by atoms with Gasteiger partial charge in [-0.15, -0.1) is 0 Å². The molecule has 0 aliphatic carbocycles. The van der Waals surface area contributed by atoms with Crippen LogP contribution >= 0.6 is 11.6 Å². The normalized spacial score (nSPS) is 11.4. The predicted octanol–water partition coefficient (Wildman–Crippen LogP) is 0.279. The number of hydrogen-bond acceptors (Lipinski definition) is 4. The van der Waals surface area contributed by atoms with Crippen LogP contribution in [0.25, 0.3) is 0 Å². The van der Waals surface area contributed by atoms with Crippen molar-refractivity contribution in [3.63, 3.8) is 0 Å². The van der Waals surface area contributed by atoms with Crippen LogP contribution in [0.3, 0.4) is 0 Å². The van der Waals surface area contributed by atoms with E-state index >= 15 is 0 Å². The van der Waals surface area contributed by atoms with Crippen molar-refractivity contribution in [2.24, 2.45) is 5.73 Å². The summed E-state index contributed by atoms with van der Waals surface area (Å²) in [5.41, 5.74) is 4.93. The summed E-state index contributed by atoms with van der Waals surface area (Å²) in [5, 5.41) is -0.0881. The average molecular weight is 278 g/mol. The number of aromatic nitrogens is 1. The van der Waals surface area contributed by atoms with E-state index in [0.717, 1.165) is 0 Å². The van der Waals surface area contributed by atoms with Crippen LogP contribution in [-0.2, 0) is 14.8 Å². The smallest absolute Gasteiger partial charge is 0.243 e. The van der Waals surface area contributed by atoms with Gasteiger partial charge in [-0.25, -0.2) is 18.1 Å². The Morgan fingerprint density at radius 1 is 1.53 bits per heavy atom. The van der Waals surface area contributed by atoms with E-state index in [-0.39, 0.29) is 23.0 Å². The third kappa shape index (κ3) is 4.29. The monoisotopic (exact) mass is 277 g/mol. The Bertz CT molecular complexity index is 504. The van der Waals surface area contributed by atoms with Crippen molar-refractivity contribution in [3.8, 4) is 0 Å². The molecule has 1 rings (SSSR count). The molecule has 1 aromatic heterocycles. The van der Waals surface area contributed by atoms with Gasteiger partial charge in [0, 0.05) is 19.2 Å². The van der Waals surface area contributed by atoms with E-state index in [1.165, 1.54) is 18.3 Å². The van der Waals surface area contributed by atoms with Gasteiger partial charge in [-0.3, -0.25) is 4.79 Å². The quantitative estimate of drug-likeness (QED) is 0.576. The summed E-state index contributed by atoms with van der Waals surface area (Å²) in [4.78, 5) is 14.1. The number of nitrogens with two attached hydrogens (primary N) is 1. The minimum absolute atomic E-state index is 0.0826. The molecular weight excluding hydrogens is 266 g/mol. The standard InChI is InChI=1S/C9H12ClN3O3S/c10-9-7(3-1-5-12-9)17(15,16)13-6-2-4-8(11)14/h1,3,5,13H,2,4,6H2,(H2,11,14). The maximum Gasteiger partial charge on any atom is 0.243 e. The maximum atomic E-state index is 11.7. The molecule has 0 bridgehead atoms. The largest absolute Gasteiger partial charge is 0.370 e. The topological polar surface area (TPSA) is 102 Å². The number of amides is 1. The highest BCUT2D eigenvalue weighted by atomic mass is 35.5. The Labute approximate surface area is 104 Å². The number of primary amides is 1. The summed E-state index contributed by atoms with van der Waals surface area (Å²) in [7, 11) is -3.69. The molecule has 0 saturated heterocycles. The Kier molecular flexibility index (Phi) is 4.86. The van der Waals surface area contributed by atoms with Crippen LogP contribution in [-0.4, -0.2) is 25.9 Å². The SMILES string of the molecule is NC(=O)CCCNS(=O)(=O)c1cccnc1Cl.